The Morgan fingerprint density at radius 3 is 2.79 bits per heavy atom. The van der Waals surface area contributed by atoms with Gasteiger partial charge in [-0.25, -0.2) is 13.1 Å². The predicted octanol–water partition coefficient (Wildman–Crippen LogP) is 1.50. The molecule has 3 rings (SSSR count). The molecule has 2 heterocycles. The number of aryl methyl sites for hydroxylation is 1. The van der Waals surface area contributed by atoms with Gasteiger partial charge in [-0.2, -0.15) is 5.10 Å². The maximum atomic E-state index is 12.5. The highest BCUT2D eigenvalue weighted by Crippen LogP contribution is 2.19. The van der Waals surface area contributed by atoms with Gasteiger partial charge in [0.1, 0.15) is 5.75 Å². The van der Waals surface area contributed by atoms with Crippen molar-refractivity contribution < 1.29 is 17.9 Å². The monoisotopic (exact) mass is 406 g/mol. The molecule has 1 fully saturated rings. The number of benzene rings is 1. The fraction of sp³-hybridized carbons (Fsp3) is 0.474. The number of methoxy groups -OCH3 is 1. The van der Waals surface area contributed by atoms with Gasteiger partial charge in [-0.1, -0.05) is 0 Å². The van der Waals surface area contributed by atoms with Crippen molar-refractivity contribution in [3.8, 4) is 5.75 Å². The van der Waals surface area contributed by atoms with Gasteiger partial charge in [0.05, 0.1) is 12.0 Å². The minimum absolute atomic E-state index is 0.0817. The molecule has 9 heteroatoms. The van der Waals surface area contributed by atoms with Gasteiger partial charge in [-0.05, 0) is 49.1 Å². The summed E-state index contributed by atoms with van der Waals surface area (Å²) in [4.78, 5) is 14.5. The van der Waals surface area contributed by atoms with Crippen LogP contribution in [-0.2, 0) is 21.4 Å². The predicted molar refractivity (Wildman–Crippen MR) is 104 cm³/mol. The summed E-state index contributed by atoms with van der Waals surface area (Å²) in [5.74, 6) is 0.795. The van der Waals surface area contributed by atoms with Crippen LogP contribution in [0.3, 0.4) is 0 Å². The van der Waals surface area contributed by atoms with Crippen LogP contribution in [0.4, 0.5) is 0 Å². The highest BCUT2D eigenvalue weighted by molar-refractivity contribution is 7.89. The number of likely N-dealkylation sites (tertiary alicyclic amines) is 1. The van der Waals surface area contributed by atoms with Crippen molar-refractivity contribution >= 4 is 15.9 Å². The molecule has 1 aliphatic heterocycles. The average Bonchev–Trinajstić information content (AvgIpc) is 3.24. The minimum atomic E-state index is -3.58. The molecule has 1 amide bonds. The molecule has 28 heavy (non-hydrogen) atoms. The Bertz CT molecular complexity index is 866. The third-order valence-electron chi connectivity index (χ3n) is 4.92. The first kappa shape index (κ1) is 20.3. The second-order valence-electron chi connectivity index (χ2n) is 6.89. The Balaban J connectivity index is 1.50. The van der Waals surface area contributed by atoms with E-state index in [-0.39, 0.29) is 16.7 Å². The van der Waals surface area contributed by atoms with Crippen molar-refractivity contribution in [3.05, 3.63) is 42.7 Å². The fourth-order valence-electron chi connectivity index (χ4n) is 3.32. The first-order valence-electron chi connectivity index (χ1n) is 9.37. The number of hydrogen-bond donors (Lipinski definition) is 1. The zero-order valence-corrected chi connectivity index (χ0v) is 16.8. The van der Waals surface area contributed by atoms with Crippen molar-refractivity contribution in [2.45, 2.75) is 30.7 Å². The average molecular weight is 407 g/mol. The van der Waals surface area contributed by atoms with Gasteiger partial charge in [-0.15, -0.1) is 0 Å². The summed E-state index contributed by atoms with van der Waals surface area (Å²) >= 11 is 0. The number of carbonyl (C=O) groups is 1. The fourth-order valence-corrected chi connectivity index (χ4v) is 4.44. The van der Waals surface area contributed by atoms with Gasteiger partial charge in [0.25, 0.3) is 0 Å². The van der Waals surface area contributed by atoms with Crippen LogP contribution < -0.4 is 9.46 Å². The molecular weight excluding hydrogens is 380 g/mol. The summed E-state index contributed by atoms with van der Waals surface area (Å²) in [6.07, 6.45) is 5.69. The molecule has 0 saturated carbocycles. The van der Waals surface area contributed by atoms with E-state index in [9.17, 15) is 13.2 Å². The summed E-state index contributed by atoms with van der Waals surface area (Å²) in [5.41, 5.74) is 0. The Morgan fingerprint density at radius 1 is 1.32 bits per heavy atom. The Labute approximate surface area is 165 Å². The topological polar surface area (TPSA) is 93.5 Å². The molecule has 1 aromatic carbocycles. The van der Waals surface area contributed by atoms with E-state index in [0.29, 0.717) is 31.8 Å². The van der Waals surface area contributed by atoms with Crippen molar-refractivity contribution in [2.75, 3.05) is 26.7 Å². The minimum Gasteiger partial charge on any atom is -0.497 e. The van der Waals surface area contributed by atoms with Gasteiger partial charge in [-0.3, -0.25) is 9.48 Å². The van der Waals surface area contributed by atoms with Gasteiger partial charge in [0.15, 0.2) is 0 Å². The summed E-state index contributed by atoms with van der Waals surface area (Å²) in [7, 11) is -2.05. The molecule has 152 valence electrons. The Kier molecular flexibility index (Phi) is 6.69. The molecule has 0 unspecified atom stereocenters. The standard InChI is InChI=1S/C19H26N4O4S/c1-27-17-5-7-18(8-6-17)28(25,26)21-14-16-4-2-11-22(15-16)19(24)9-13-23-12-3-10-20-23/h3,5-8,10,12,16,21H,2,4,9,11,13-15H2,1H3/t16-/m0/s1. The molecule has 8 nitrogen and oxygen atoms in total. The van der Waals surface area contributed by atoms with Crippen LogP contribution in [0, 0.1) is 5.92 Å². The van der Waals surface area contributed by atoms with E-state index in [1.54, 1.807) is 23.0 Å². The highest BCUT2D eigenvalue weighted by Gasteiger charge is 2.25. The Morgan fingerprint density at radius 2 is 2.11 bits per heavy atom. The van der Waals surface area contributed by atoms with Crippen molar-refractivity contribution in [1.29, 1.82) is 0 Å². The zero-order valence-electron chi connectivity index (χ0n) is 16.0. The van der Waals surface area contributed by atoms with E-state index < -0.39 is 10.0 Å². The normalized spacial score (nSPS) is 17.5. The third-order valence-corrected chi connectivity index (χ3v) is 6.36. The van der Waals surface area contributed by atoms with Crippen LogP contribution >= 0.6 is 0 Å². The van der Waals surface area contributed by atoms with Crippen LogP contribution in [0.25, 0.3) is 0 Å². The number of piperidine rings is 1. The molecule has 0 radical (unpaired) electrons. The lowest BCUT2D eigenvalue weighted by molar-refractivity contribution is -0.133. The second kappa shape index (κ2) is 9.20. The Hall–Kier alpha value is -2.39. The number of sulfonamides is 1. The lowest BCUT2D eigenvalue weighted by Crippen LogP contribution is -2.43. The van der Waals surface area contributed by atoms with E-state index in [2.05, 4.69) is 9.82 Å². The maximum absolute atomic E-state index is 12.5. The van der Waals surface area contributed by atoms with E-state index in [4.69, 9.17) is 4.74 Å². The van der Waals surface area contributed by atoms with Crippen LogP contribution in [0.2, 0.25) is 0 Å². The van der Waals surface area contributed by atoms with Crippen molar-refractivity contribution in [1.82, 2.24) is 19.4 Å². The molecule has 1 atom stereocenters. The van der Waals surface area contributed by atoms with Crippen LogP contribution in [0.5, 0.6) is 5.75 Å². The number of nitrogens with one attached hydrogen (secondary N) is 1. The van der Waals surface area contributed by atoms with Crippen molar-refractivity contribution in [2.24, 2.45) is 5.92 Å². The summed E-state index contributed by atoms with van der Waals surface area (Å²) in [6.45, 7) is 2.16. The van der Waals surface area contributed by atoms with E-state index >= 15 is 0 Å². The molecule has 0 spiro atoms. The van der Waals surface area contributed by atoms with Crippen molar-refractivity contribution in [3.63, 3.8) is 0 Å². The van der Waals surface area contributed by atoms with Crippen LogP contribution in [0.1, 0.15) is 19.3 Å². The molecule has 1 saturated heterocycles. The van der Waals surface area contributed by atoms with E-state index in [0.717, 1.165) is 19.4 Å². The molecule has 1 N–H and O–H groups in total. The van der Waals surface area contributed by atoms with Gasteiger partial charge < -0.3 is 9.64 Å². The summed E-state index contributed by atoms with van der Waals surface area (Å²) in [5, 5.41) is 4.11. The number of carbonyl (C=O) groups excluding carboxylic acids is 1. The summed E-state index contributed by atoms with van der Waals surface area (Å²) < 4.78 is 34.4. The number of nitrogens with zero attached hydrogens (tertiary/aromatic N) is 3. The smallest absolute Gasteiger partial charge is 0.240 e. The number of hydrogen-bond acceptors (Lipinski definition) is 5. The molecule has 1 aliphatic rings. The van der Waals surface area contributed by atoms with Gasteiger partial charge in [0.2, 0.25) is 15.9 Å². The maximum Gasteiger partial charge on any atom is 0.240 e. The second-order valence-corrected chi connectivity index (χ2v) is 8.66. The van der Waals surface area contributed by atoms with E-state index in [1.807, 2.05) is 17.2 Å². The number of amides is 1. The van der Waals surface area contributed by atoms with Gasteiger partial charge in [0, 0.05) is 45.0 Å². The number of rotatable bonds is 8. The number of ether oxygens (including phenoxy) is 1. The first-order chi connectivity index (χ1) is 13.5. The van der Waals surface area contributed by atoms with Crippen LogP contribution in [0.15, 0.2) is 47.6 Å². The SMILES string of the molecule is COc1ccc(S(=O)(=O)NC[C@@H]2CCCN(C(=O)CCn3cccn3)C2)cc1. The van der Waals surface area contributed by atoms with E-state index in [1.165, 1.54) is 19.2 Å². The van der Waals surface area contributed by atoms with Crippen LogP contribution in [-0.4, -0.2) is 55.7 Å². The summed E-state index contributed by atoms with van der Waals surface area (Å²) in [6, 6.07) is 8.11. The molecule has 1 aromatic heterocycles. The lowest BCUT2D eigenvalue weighted by Gasteiger charge is -2.33. The largest absolute Gasteiger partial charge is 0.497 e. The quantitative estimate of drug-likeness (QED) is 0.717. The molecular formula is C19H26N4O4S. The zero-order chi connectivity index (χ0) is 20.0. The number of aromatic nitrogens is 2. The first-order valence-corrected chi connectivity index (χ1v) is 10.8. The highest BCUT2D eigenvalue weighted by atomic mass is 32.2. The molecule has 0 aliphatic carbocycles. The third kappa shape index (κ3) is 5.32. The molecule has 0 bridgehead atoms. The van der Waals surface area contributed by atoms with Gasteiger partial charge >= 0.3 is 0 Å². The molecule has 2 aromatic rings. The lowest BCUT2D eigenvalue weighted by atomic mass is 9.98.